The van der Waals surface area contributed by atoms with Crippen LogP contribution >= 0.6 is 0 Å². The first kappa shape index (κ1) is 22.9. The van der Waals surface area contributed by atoms with Gasteiger partial charge >= 0.3 is 5.69 Å². The molecule has 3 aromatic rings. The monoisotopic (exact) mass is 454 g/mol. The van der Waals surface area contributed by atoms with E-state index in [2.05, 4.69) is 10.2 Å². The predicted octanol–water partition coefficient (Wildman–Crippen LogP) is 1.51. The molecule has 1 aromatic heterocycles. The summed E-state index contributed by atoms with van der Waals surface area (Å²) >= 11 is 0. The molecule has 0 aliphatic carbocycles. The number of morpholine rings is 1. The molecule has 33 heavy (non-hydrogen) atoms. The maximum atomic E-state index is 13.4. The van der Waals surface area contributed by atoms with E-state index in [0.717, 1.165) is 10.1 Å². The quantitative estimate of drug-likeness (QED) is 0.585. The summed E-state index contributed by atoms with van der Waals surface area (Å²) in [6.45, 7) is 4.60. The third-order valence-electron chi connectivity index (χ3n) is 5.98. The van der Waals surface area contributed by atoms with Crippen molar-refractivity contribution in [3.8, 4) is 0 Å². The molecule has 1 N–H and O–H groups in total. The summed E-state index contributed by atoms with van der Waals surface area (Å²) in [7, 11) is 0. The third kappa shape index (κ3) is 4.89. The summed E-state index contributed by atoms with van der Waals surface area (Å²) < 4.78 is 21.3. The average molecular weight is 455 g/mol. The van der Waals surface area contributed by atoms with Crippen LogP contribution in [-0.2, 0) is 22.6 Å². The number of carbonyl (C=O) groups excluding carboxylic acids is 1. The molecule has 1 fully saturated rings. The summed E-state index contributed by atoms with van der Waals surface area (Å²) in [5, 5.41) is 3.32. The minimum Gasteiger partial charge on any atom is -0.379 e. The molecular formula is C24H27FN4O4. The zero-order valence-electron chi connectivity index (χ0n) is 18.5. The van der Waals surface area contributed by atoms with Gasteiger partial charge < -0.3 is 10.1 Å². The first-order valence-corrected chi connectivity index (χ1v) is 11.1. The van der Waals surface area contributed by atoms with Crippen LogP contribution in [0.1, 0.15) is 18.5 Å². The molecule has 1 atom stereocenters. The van der Waals surface area contributed by atoms with Crippen LogP contribution in [0.2, 0.25) is 0 Å². The van der Waals surface area contributed by atoms with Crippen molar-refractivity contribution in [2.45, 2.75) is 26.1 Å². The lowest BCUT2D eigenvalue weighted by Crippen LogP contribution is -2.45. The van der Waals surface area contributed by atoms with Crippen molar-refractivity contribution >= 4 is 16.8 Å². The van der Waals surface area contributed by atoms with E-state index < -0.39 is 5.69 Å². The van der Waals surface area contributed by atoms with Crippen LogP contribution in [0.4, 0.5) is 4.39 Å². The normalized spacial score (nSPS) is 15.5. The van der Waals surface area contributed by atoms with Crippen LogP contribution < -0.4 is 16.6 Å². The number of benzene rings is 2. The van der Waals surface area contributed by atoms with Crippen molar-refractivity contribution < 1.29 is 13.9 Å². The van der Waals surface area contributed by atoms with Gasteiger partial charge in [0.15, 0.2) is 0 Å². The number of hydrogen-bond acceptors (Lipinski definition) is 5. The van der Waals surface area contributed by atoms with Crippen LogP contribution in [-0.4, -0.2) is 52.8 Å². The maximum absolute atomic E-state index is 13.4. The lowest BCUT2D eigenvalue weighted by molar-refractivity contribution is -0.122. The summed E-state index contributed by atoms with van der Waals surface area (Å²) in [6, 6.07) is 12.9. The second-order valence-electron chi connectivity index (χ2n) is 7.96. The summed E-state index contributed by atoms with van der Waals surface area (Å²) in [4.78, 5) is 40.6. The zero-order chi connectivity index (χ0) is 23.4. The zero-order valence-corrected chi connectivity index (χ0v) is 18.5. The molecule has 0 saturated carbocycles. The van der Waals surface area contributed by atoms with Crippen LogP contribution in [0.3, 0.4) is 0 Å². The molecule has 4 rings (SSSR count). The number of fused-ring (bicyclic) bond motifs is 1. The van der Waals surface area contributed by atoms with Gasteiger partial charge in [-0.2, -0.15) is 0 Å². The number of amides is 1. The summed E-state index contributed by atoms with van der Waals surface area (Å²) in [6.07, 6.45) is 0. The predicted molar refractivity (Wildman–Crippen MR) is 123 cm³/mol. The largest absolute Gasteiger partial charge is 0.379 e. The van der Waals surface area contributed by atoms with E-state index in [9.17, 15) is 18.8 Å². The Morgan fingerprint density at radius 2 is 1.76 bits per heavy atom. The van der Waals surface area contributed by atoms with Gasteiger partial charge in [-0.05, 0) is 36.8 Å². The first-order chi connectivity index (χ1) is 16.0. The van der Waals surface area contributed by atoms with E-state index in [4.69, 9.17) is 4.74 Å². The van der Waals surface area contributed by atoms with Gasteiger partial charge in [0.25, 0.3) is 5.56 Å². The van der Waals surface area contributed by atoms with E-state index in [1.807, 2.05) is 0 Å². The molecule has 2 heterocycles. The number of nitrogens with zero attached hydrogens (tertiary/aromatic N) is 3. The van der Waals surface area contributed by atoms with Gasteiger partial charge in [0.05, 0.1) is 30.2 Å². The lowest BCUT2D eigenvalue weighted by Gasteiger charge is -2.35. The van der Waals surface area contributed by atoms with Crippen molar-refractivity contribution in [1.29, 1.82) is 0 Å². The molecule has 9 heteroatoms. The molecule has 2 aromatic carbocycles. The van der Waals surface area contributed by atoms with Crippen LogP contribution in [0.25, 0.3) is 10.9 Å². The Hall–Kier alpha value is -3.30. The maximum Gasteiger partial charge on any atom is 0.331 e. The van der Waals surface area contributed by atoms with Crippen molar-refractivity contribution in [2.24, 2.45) is 0 Å². The van der Waals surface area contributed by atoms with E-state index in [1.54, 1.807) is 43.3 Å². The van der Waals surface area contributed by atoms with E-state index >= 15 is 0 Å². The van der Waals surface area contributed by atoms with Crippen LogP contribution in [0, 0.1) is 5.82 Å². The van der Waals surface area contributed by atoms with Gasteiger partial charge in [0.1, 0.15) is 12.4 Å². The van der Waals surface area contributed by atoms with E-state index in [-0.39, 0.29) is 36.4 Å². The van der Waals surface area contributed by atoms with E-state index in [0.29, 0.717) is 43.8 Å². The number of aromatic nitrogens is 2. The highest BCUT2D eigenvalue weighted by molar-refractivity contribution is 5.81. The summed E-state index contributed by atoms with van der Waals surface area (Å²) in [5.74, 6) is -0.662. The fourth-order valence-electron chi connectivity index (χ4n) is 4.24. The van der Waals surface area contributed by atoms with Gasteiger partial charge in [-0.25, -0.2) is 9.18 Å². The highest BCUT2D eigenvalue weighted by Crippen LogP contribution is 2.21. The molecule has 174 valence electrons. The number of para-hydroxylation sites is 1. The van der Waals surface area contributed by atoms with Gasteiger partial charge in [-0.1, -0.05) is 24.3 Å². The van der Waals surface area contributed by atoms with Gasteiger partial charge in [-0.15, -0.1) is 0 Å². The fourth-order valence-corrected chi connectivity index (χ4v) is 4.24. The molecule has 1 aliphatic rings. The van der Waals surface area contributed by atoms with E-state index in [1.165, 1.54) is 16.7 Å². The van der Waals surface area contributed by atoms with Crippen molar-refractivity contribution in [3.05, 3.63) is 80.7 Å². The molecule has 0 spiro atoms. The Labute approximate surface area is 190 Å². The lowest BCUT2D eigenvalue weighted by atomic mass is 10.0. The van der Waals surface area contributed by atoms with Crippen molar-refractivity contribution in [2.75, 3.05) is 32.8 Å². The minimum absolute atomic E-state index is 0.156. The topological polar surface area (TPSA) is 85.6 Å². The van der Waals surface area contributed by atoms with Crippen LogP contribution in [0.15, 0.2) is 58.1 Å². The Bertz CT molecular complexity index is 1250. The smallest absolute Gasteiger partial charge is 0.331 e. The molecule has 0 unspecified atom stereocenters. The molecule has 1 aliphatic heterocycles. The Morgan fingerprint density at radius 1 is 1.06 bits per heavy atom. The van der Waals surface area contributed by atoms with Gasteiger partial charge in [0, 0.05) is 26.2 Å². The Balaban J connectivity index is 1.56. The first-order valence-electron chi connectivity index (χ1n) is 11.1. The van der Waals surface area contributed by atoms with Crippen LogP contribution in [0.5, 0.6) is 0 Å². The highest BCUT2D eigenvalue weighted by atomic mass is 19.1. The molecular weight excluding hydrogens is 427 g/mol. The third-order valence-corrected chi connectivity index (χ3v) is 5.98. The van der Waals surface area contributed by atoms with Gasteiger partial charge in [0.2, 0.25) is 5.91 Å². The average Bonchev–Trinajstić information content (AvgIpc) is 2.84. The Morgan fingerprint density at radius 3 is 2.45 bits per heavy atom. The molecule has 0 radical (unpaired) electrons. The number of ether oxygens (including phenoxy) is 1. The molecule has 1 amide bonds. The number of halogens is 1. The molecule has 0 bridgehead atoms. The fraction of sp³-hybridized carbons (Fsp3) is 0.375. The van der Waals surface area contributed by atoms with Crippen molar-refractivity contribution in [3.63, 3.8) is 0 Å². The second kappa shape index (κ2) is 10.1. The number of hydrogen-bond donors (Lipinski definition) is 1. The Kier molecular flexibility index (Phi) is 7.00. The minimum atomic E-state index is -0.514. The van der Waals surface area contributed by atoms with Gasteiger partial charge in [-0.3, -0.25) is 23.6 Å². The highest BCUT2D eigenvalue weighted by Gasteiger charge is 2.24. The number of carbonyl (C=O) groups is 1. The standard InChI is InChI=1S/C24H27FN4O4/c1-2-28-23(31)19-5-3-4-6-20(19)29(24(28)32)16-22(30)26-15-21(27-11-13-33-14-12-27)17-7-9-18(25)10-8-17/h3-10,21H,2,11-16H2,1H3,(H,26,30)/t21-/m1/s1. The summed E-state index contributed by atoms with van der Waals surface area (Å²) in [5.41, 5.74) is 0.439. The SMILES string of the molecule is CCn1c(=O)c2ccccc2n(CC(=O)NC[C@H](c2ccc(F)cc2)N2CCOCC2)c1=O. The van der Waals surface area contributed by atoms with Crippen molar-refractivity contribution in [1.82, 2.24) is 19.4 Å². The number of nitrogens with one attached hydrogen (secondary N) is 1. The number of rotatable bonds is 7. The molecule has 8 nitrogen and oxygen atoms in total. The second-order valence-corrected chi connectivity index (χ2v) is 7.96. The molecule has 1 saturated heterocycles.